The largest absolute Gasteiger partial charge is 0.493 e. The molecule has 3 aromatic rings. The third-order valence-corrected chi connectivity index (χ3v) is 3.62. The summed E-state index contributed by atoms with van der Waals surface area (Å²) in [5.74, 6) is 0.884. The minimum absolute atomic E-state index is 0.0608. The van der Waals surface area contributed by atoms with Crippen LogP contribution < -0.4 is 15.1 Å². The third-order valence-electron chi connectivity index (χ3n) is 3.62. The Morgan fingerprint density at radius 1 is 1.04 bits per heavy atom. The van der Waals surface area contributed by atoms with Crippen molar-refractivity contribution in [2.24, 2.45) is 0 Å². The molecular formula is C17H13NO6. The van der Waals surface area contributed by atoms with Gasteiger partial charge in [-0.25, -0.2) is 4.79 Å². The smallest absolute Gasteiger partial charge is 0.336 e. The molecule has 0 spiro atoms. The minimum atomic E-state index is -0.559. The van der Waals surface area contributed by atoms with Gasteiger partial charge in [-0.1, -0.05) is 12.1 Å². The van der Waals surface area contributed by atoms with Gasteiger partial charge < -0.3 is 13.9 Å². The van der Waals surface area contributed by atoms with Crippen molar-refractivity contribution in [3.8, 4) is 22.6 Å². The Bertz CT molecular complexity index is 992. The van der Waals surface area contributed by atoms with E-state index in [1.807, 2.05) is 0 Å². The van der Waals surface area contributed by atoms with Crippen molar-refractivity contribution >= 4 is 16.7 Å². The van der Waals surface area contributed by atoms with Gasteiger partial charge in [-0.05, 0) is 11.6 Å². The number of benzene rings is 2. The van der Waals surface area contributed by atoms with E-state index in [1.165, 1.54) is 32.4 Å². The van der Waals surface area contributed by atoms with Crippen LogP contribution in [-0.4, -0.2) is 19.1 Å². The molecule has 0 aliphatic carbocycles. The molecule has 0 aliphatic rings. The van der Waals surface area contributed by atoms with Crippen LogP contribution in [0.4, 0.5) is 5.69 Å². The molecule has 0 radical (unpaired) electrons. The normalized spacial score (nSPS) is 10.6. The maximum atomic E-state index is 11.9. The number of non-ortho nitro benzene ring substituents is 1. The lowest BCUT2D eigenvalue weighted by Gasteiger charge is -2.11. The quantitative estimate of drug-likeness (QED) is 0.414. The summed E-state index contributed by atoms with van der Waals surface area (Å²) in [7, 11) is 2.97. The second-order valence-corrected chi connectivity index (χ2v) is 4.99. The molecule has 2 aromatic carbocycles. The topological polar surface area (TPSA) is 91.8 Å². The zero-order valence-corrected chi connectivity index (χ0v) is 12.9. The van der Waals surface area contributed by atoms with Gasteiger partial charge in [0, 0.05) is 35.2 Å². The number of rotatable bonds is 4. The molecule has 0 aliphatic heterocycles. The third kappa shape index (κ3) is 2.67. The Labute approximate surface area is 136 Å². The van der Waals surface area contributed by atoms with Gasteiger partial charge in [0.1, 0.15) is 5.58 Å². The number of hydrogen-bond acceptors (Lipinski definition) is 6. The van der Waals surface area contributed by atoms with E-state index in [4.69, 9.17) is 13.9 Å². The van der Waals surface area contributed by atoms with E-state index in [1.54, 1.807) is 24.3 Å². The van der Waals surface area contributed by atoms with Gasteiger partial charge in [0.05, 0.1) is 19.1 Å². The van der Waals surface area contributed by atoms with E-state index in [9.17, 15) is 14.9 Å². The molecule has 1 heterocycles. The molecule has 0 amide bonds. The number of fused-ring (bicyclic) bond motifs is 1. The molecule has 0 N–H and O–H groups in total. The lowest BCUT2D eigenvalue weighted by Crippen LogP contribution is -2.00. The van der Waals surface area contributed by atoms with E-state index >= 15 is 0 Å². The molecule has 0 saturated heterocycles. The minimum Gasteiger partial charge on any atom is -0.493 e. The average Bonchev–Trinajstić information content (AvgIpc) is 2.59. The lowest BCUT2D eigenvalue weighted by molar-refractivity contribution is -0.384. The van der Waals surface area contributed by atoms with E-state index < -0.39 is 10.5 Å². The lowest BCUT2D eigenvalue weighted by atomic mass is 10.0. The van der Waals surface area contributed by atoms with Crippen LogP contribution in [0, 0.1) is 10.1 Å². The van der Waals surface area contributed by atoms with Crippen LogP contribution in [0.1, 0.15) is 0 Å². The Balaban J connectivity index is 2.33. The molecule has 24 heavy (non-hydrogen) atoms. The molecule has 7 heteroatoms. The van der Waals surface area contributed by atoms with Gasteiger partial charge in [0.15, 0.2) is 11.5 Å². The monoisotopic (exact) mass is 327 g/mol. The summed E-state index contributed by atoms with van der Waals surface area (Å²) >= 11 is 0. The molecule has 0 bridgehead atoms. The maximum Gasteiger partial charge on any atom is 0.336 e. The Morgan fingerprint density at radius 2 is 1.75 bits per heavy atom. The highest BCUT2D eigenvalue weighted by molar-refractivity contribution is 5.95. The summed E-state index contributed by atoms with van der Waals surface area (Å²) < 4.78 is 15.7. The maximum absolute atomic E-state index is 11.9. The fourth-order valence-electron chi connectivity index (χ4n) is 2.51. The van der Waals surface area contributed by atoms with E-state index in [-0.39, 0.29) is 5.69 Å². The molecule has 1 aromatic heterocycles. The van der Waals surface area contributed by atoms with Crippen molar-refractivity contribution < 1.29 is 18.8 Å². The predicted molar refractivity (Wildman–Crippen MR) is 87.7 cm³/mol. The number of hydrogen-bond donors (Lipinski definition) is 0. The highest BCUT2D eigenvalue weighted by atomic mass is 16.6. The highest BCUT2D eigenvalue weighted by Crippen LogP contribution is 2.36. The molecule has 0 fully saturated rings. The van der Waals surface area contributed by atoms with Crippen molar-refractivity contribution in [3.63, 3.8) is 0 Å². The molecular weight excluding hydrogens is 314 g/mol. The summed E-state index contributed by atoms with van der Waals surface area (Å²) in [5, 5.41) is 11.6. The molecule has 122 valence electrons. The Morgan fingerprint density at radius 3 is 2.42 bits per heavy atom. The van der Waals surface area contributed by atoms with Gasteiger partial charge in [-0.3, -0.25) is 10.1 Å². The van der Waals surface area contributed by atoms with Gasteiger partial charge >= 0.3 is 5.63 Å². The second-order valence-electron chi connectivity index (χ2n) is 4.99. The zero-order valence-electron chi connectivity index (χ0n) is 12.9. The van der Waals surface area contributed by atoms with Gasteiger partial charge in [0.2, 0.25) is 0 Å². The summed E-state index contributed by atoms with van der Waals surface area (Å²) in [6.45, 7) is 0. The first-order chi connectivity index (χ1) is 11.5. The Hall–Kier alpha value is -3.35. The summed E-state index contributed by atoms with van der Waals surface area (Å²) in [6.07, 6.45) is 0. The Kier molecular flexibility index (Phi) is 3.91. The molecule has 0 atom stereocenters. The van der Waals surface area contributed by atoms with Crippen molar-refractivity contribution in [2.45, 2.75) is 0 Å². The number of methoxy groups -OCH3 is 2. The van der Waals surface area contributed by atoms with Crippen LogP contribution in [0.5, 0.6) is 11.5 Å². The number of nitro groups is 1. The van der Waals surface area contributed by atoms with Crippen LogP contribution in [0.25, 0.3) is 22.1 Å². The number of nitrogens with zero attached hydrogens (tertiary/aromatic N) is 1. The average molecular weight is 327 g/mol. The first kappa shape index (κ1) is 15.5. The zero-order chi connectivity index (χ0) is 17.3. The fourth-order valence-corrected chi connectivity index (χ4v) is 2.51. The first-order valence-corrected chi connectivity index (χ1v) is 6.98. The molecule has 0 unspecified atom stereocenters. The van der Waals surface area contributed by atoms with Gasteiger partial charge in [0.25, 0.3) is 5.69 Å². The van der Waals surface area contributed by atoms with Crippen LogP contribution >= 0.6 is 0 Å². The van der Waals surface area contributed by atoms with E-state index in [2.05, 4.69) is 0 Å². The number of ether oxygens (including phenoxy) is 2. The van der Waals surface area contributed by atoms with Crippen molar-refractivity contribution in [1.82, 2.24) is 0 Å². The van der Waals surface area contributed by atoms with Crippen LogP contribution in [0.15, 0.2) is 51.7 Å². The first-order valence-electron chi connectivity index (χ1n) is 6.98. The van der Waals surface area contributed by atoms with Crippen molar-refractivity contribution in [2.75, 3.05) is 14.2 Å². The summed E-state index contributed by atoms with van der Waals surface area (Å²) in [6, 6.07) is 10.6. The summed E-state index contributed by atoms with van der Waals surface area (Å²) in [5.41, 5.74) is 0.743. The van der Waals surface area contributed by atoms with E-state index in [0.29, 0.717) is 33.6 Å². The fraction of sp³-hybridized carbons (Fsp3) is 0.118. The summed E-state index contributed by atoms with van der Waals surface area (Å²) in [4.78, 5) is 22.4. The standard InChI is InChI=1S/C17H13NO6/c1-22-15-7-13-12(10-4-3-5-11(6-10)18(20)21)8-17(19)24-14(13)9-16(15)23-2/h3-9H,1-2H3. The van der Waals surface area contributed by atoms with Gasteiger partial charge in [-0.15, -0.1) is 0 Å². The highest BCUT2D eigenvalue weighted by Gasteiger charge is 2.15. The van der Waals surface area contributed by atoms with Crippen molar-refractivity contribution in [1.29, 1.82) is 0 Å². The number of nitro benzene ring substituents is 1. The molecule has 0 saturated carbocycles. The molecule has 7 nitrogen and oxygen atoms in total. The van der Waals surface area contributed by atoms with Crippen LogP contribution in [-0.2, 0) is 0 Å². The van der Waals surface area contributed by atoms with Crippen LogP contribution in [0.2, 0.25) is 0 Å². The SMILES string of the molecule is COc1cc2oc(=O)cc(-c3cccc([N+](=O)[O-])c3)c2cc1OC. The van der Waals surface area contributed by atoms with Crippen molar-refractivity contribution in [3.05, 3.63) is 63.0 Å². The van der Waals surface area contributed by atoms with E-state index in [0.717, 1.165) is 0 Å². The van der Waals surface area contributed by atoms with Gasteiger partial charge in [-0.2, -0.15) is 0 Å². The predicted octanol–water partition coefficient (Wildman–Crippen LogP) is 3.39. The molecule has 3 rings (SSSR count). The second kappa shape index (κ2) is 6.04. The van der Waals surface area contributed by atoms with Crippen LogP contribution in [0.3, 0.4) is 0 Å².